The third-order valence-electron chi connectivity index (χ3n) is 4.95. The summed E-state index contributed by atoms with van der Waals surface area (Å²) in [7, 11) is 0. The molecule has 0 aliphatic carbocycles. The largest absolute Gasteiger partial charge is 0.455 e. The highest BCUT2D eigenvalue weighted by molar-refractivity contribution is 5.91. The highest BCUT2D eigenvalue weighted by Crippen LogP contribution is 2.32. The van der Waals surface area contributed by atoms with Crippen LogP contribution in [0.15, 0.2) is 86.5 Å². The Morgan fingerprint density at radius 1 is 0.867 bits per heavy atom. The number of halogens is 1. The Hall–Kier alpha value is -4.06. The van der Waals surface area contributed by atoms with Gasteiger partial charge in [-0.3, -0.25) is 4.79 Å². The van der Waals surface area contributed by atoms with E-state index >= 15 is 0 Å². The Morgan fingerprint density at radius 3 is 2.40 bits per heavy atom. The van der Waals surface area contributed by atoms with Gasteiger partial charge in [0.2, 0.25) is 5.82 Å². The van der Waals surface area contributed by atoms with Crippen LogP contribution in [0.4, 0.5) is 4.39 Å². The Balaban J connectivity index is 1.72. The fourth-order valence-corrected chi connectivity index (χ4v) is 3.43. The van der Waals surface area contributed by atoms with E-state index in [2.05, 4.69) is 10.1 Å². The van der Waals surface area contributed by atoms with E-state index in [1.807, 2.05) is 30.3 Å². The minimum absolute atomic E-state index is 0.123. The van der Waals surface area contributed by atoms with Crippen LogP contribution in [0.3, 0.4) is 0 Å². The minimum atomic E-state index is -0.448. The molecule has 0 saturated carbocycles. The number of fused-ring (bicyclic) bond motifs is 1. The topological polar surface area (TPSA) is 69.1 Å². The van der Waals surface area contributed by atoms with E-state index in [0.717, 1.165) is 5.56 Å². The third-order valence-corrected chi connectivity index (χ3v) is 4.95. The van der Waals surface area contributed by atoms with Gasteiger partial charge in [0, 0.05) is 11.1 Å². The van der Waals surface area contributed by atoms with Gasteiger partial charge in [0.15, 0.2) is 11.0 Å². The summed E-state index contributed by atoms with van der Waals surface area (Å²) >= 11 is 0. The zero-order valence-corrected chi connectivity index (χ0v) is 15.9. The van der Waals surface area contributed by atoms with Gasteiger partial charge in [-0.15, -0.1) is 0 Å². The summed E-state index contributed by atoms with van der Waals surface area (Å²) in [6, 6.07) is 20.7. The lowest BCUT2D eigenvalue weighted by Gasteiger charge is -2.08. The van der Waals surface area contributed by atoms with Gasteiger partial charge in [-0.2, -0.15) is 4.98 Å². The smallest absolute Gasteiger partial charge is 0.262 e. The summed E-state index contributed by atoms with van der Waals surface area (Å²) in [5.74, 6) is 0.299. The molecule has 2 heterocycles. The first-order chi connectivity index (χ1) is 14.6. The lowest BCUT2D eigenvalue weighted by atomic mass is 10.0. The summed E-state index contributed by atoms with van der Waals surface area (Å²) in [6.07, 6.45) is 0. The van der Waals surface area contributed by atoms with Crippen molar-refractivity contribution in [3.05, 3.63) is 94.4 Å². The maximum atomic E-state index is 14.1. The third kappa shape index (κ3) is 2.90. The molecule has 0 saturated heterocycles. The van der Waals surface area contributed by atoms with E-state index < -0.39 is 5.82 Å². The van der Waals surface area contributed by atoms with Gasteiger partial charge in [0.1, 0.15) is 11.6 Å². The van der Waals surface area contributed by atoms with Crippen molar-refractivity contribution < 1.29 is 13.3 Å². The van der Waals surface area contributed by atoms with Gasteiger partial charge in [0.25, 0.3) is 5.89 Å². The van der Waals surface area contributed by atoms with Crippen LogP contribution in [-0.2, 0) is 0 Å². The molecule has 5 nitrogen and oxygen atoms in total. The van der Waals surface area contributed by atoms with Gasteiger partial charge in [-0.1, -0.05) is 53.7 Å². The summed E-state index contributed by atoms with van der Waals surface area (Å²) in [5, 5.41) is 4.32. The molecule has 0 spiro atoms. The molecule has 0 atom stereocenters. The van der Waals surface area contributed by atoms with E-state index in [9.17, 15) is 9.18 Å². The molecular weight excluding hydrogens is 383 g/mol. The van der Waals surface area contributed by atoms with Gasteiger partial charge in [-0.05, 0) is 31.2 Å². The monoisotopic (exact) mass is 398 g/mol. The number of hydrogen-bond donors (Lipinski definition) is 0. The molecule has 30 heavy (non-hydrogen) atoms. The van der Waals surface area contributed by atoms with Crippen LogP contribution in [-0.4, -0.2) is 10.1 Å². The Kier molecular flexibility index (Phi) is 4.25. The van der Waals surface area contributed by atoms with Crippen molar-refractivity contribution >= 4 is 11.0 Å². The van der Waals surface area contributed by atoms with E-state index in [4.69, 9.17) is 8.94 Å². The van der Waals surface area contributed by atoms with Crippen LogP contribution in [0.1, 0.15) is 5.56 Å². The Bertz CT molecular complexity index is 1440. The van der Waals surface area contributed by atoms with Crippen molar-refractivity contribution in [3.8, 4) is 34.2 Å². The number of aromatic nitrogens is 2. The van der Waals surface area contributed by atoms with Crippen molar-refractivity contribution in [3.63, 3.8) is 0 Å². The molecular formula is C24H15FN2O3. The van der Waals surface area contributed by atoms with Crippen molar-refractivity contribution in [2.45, 2.75) is 6.92 Å². The highest BCUT2D eigenvalue weighted by Gasteiger charge is 2.20. The molecule has 0 amide bonds. The predicted octanol–water partition coefficient (Wildman–Crippen LogP) is 5.62. The number of para-hydroxylation sites is 1. The maximum absolute atomic E-state index is 14.1. The van der Waals surface area contributed by atoms with E-state index in [0.29, 0.717) is 27.9 Å². The van der Waals surface area contributed by atoms with Crippen molar-refractivity contribution in [1.29, 1.82) is 0 Å². The average Bonchev–Trinajstić information content (AvgIpc) is 3.26. The second kappa shape index (κ2) is 7.08. The molecule has 3 aromatic carbocycles. The summed E-state index contributed by atoms with van der Waals surface area (Å²) in [4.78, 5) is 17.3. The van der Waals surface area contributed by atoms with Crippen molar-refractivity contribution in [1.82, 2.24) is 10.1 Å². The second-order valence-electron chi connectivity index (χ2n) is 6.84. The minimum Gasteiger partial charge on any atom is -0.455 e. The predicted molar refractivity (Wildman–Crippen MR) is 111 cm³/mol. The van der Waals surface area contributed by atoms with Crippen LogP contribution >= 0.6 is 0 Å². The summed E-state index contributed by atoms with van der Waals surface area (Å²) in [6.45, 7) is 1.74. The molecule has 5 aromatic rings. The zero-order chi connectivity index (χ0) is 20.7. The molecule has 2 aromatic heterocycles. The Labute approximate surface area is 170 Å². The van der Waals surface area contributed by atoms with Crippen LogP contribution in [0, 0.1) is 12.7 Å². The molecule has 0 radical (unpaired) electrons. The van der Waals surface area contributed by atoms with Crippen LogP contribution in [0.5, 0.6) is 0 Å². The van der Waals surface area contributed by atoms with Crippen LogP contribution in [0.25, 0.3) is 45.1 Å². The maximum Gasteiger partial charge on any atom is 0.262 e. The number of hydrogen-bond acceptors (Lipinski definition) is 5. The number of benzene rings is 3. The molecule has 0 aliphatic heterocycles. The highest BCUT2D eigenvalue weighted by atomic mass is 19.1. The molecule has 0 aliphatic rings. The molecule has 0 bridgehead atoms. The number of nitrogens with zero attached hydrogens (tertiary/aromatic N) is 2. The van der Waals surface area contributed by atoms with Crippen molar-refractivity contribution in [2.75, 3.05) is 0 Å². The fourth-order valence-electron chi connectivity index (χ4n) is 3.43. The molecule has 0 unspecified atom stereocenters. The first kappa shape index (κ1) is 18.0. The molecule has 146 valence electrons. The molecule has 5 rings (SSSR count). The normalized spacial score (nSPS) is 11.1. The second-order valence-corrected chi connectivity index (χ2v) is 6.84. The fraction of sp³-hybridized carbons (Fsp3) is 0.0417. The van der Waals surface area contributed by atoms with Crippen LogP contribution in [0.2, 0.25) is 0 Å². The van der Waals surface area contributed by atoms with E-state index in [-0.39, 0.29) is 22.7 Å². The quantitative estimate of drug-likeness (QED) is 0.394. The standard InChI is InChI=1S/C24H15FN2O3/c1-14-20(28)17-11-7-12-18(22(17)29-21(14)15-8-3-2-4-9-15)24-26-23(27-30-24)16-10-5-6-13-19(16)25/h2-13H,1H3. The lowest BCUT2D eigenvalue weighted by Crippen LogP contribution is -2.07. The van der Waals surface area contributed by atoms with Gasteiger partial charge >= 0.3 is 0 Å². The zero-order valence-electron chi connectivity index (χ0n) is 15.9. The van der Waals surface area contributed by atoms with Crippen molar-refractivity contribution in [2.24, 2.45) is 0 Å². The molecule has 6 heteroatoms. The average molecular weight is 398 g/mol. The van der Waals surface area contributed by atoms with Gasteiger partial charge in [0.05, 0.1) is 16.5 Å². The number of rotatable bonds is 3. The van der Waals surface area contributed by atoms with Crippen LogP contribution < -0.4 is 5.43 Å². The van der Waals surface area contributed by atoms with E-state index in [1.165, 1.54) is 6.07 Å². The van der Waals surface area contributed by atoms with Gasteiger partial charge < -0.3 is 8.94 Å². The molecule has 0 fully saturated rings. The first-order valence-corrected chi connectivity index (χ1v) is 9.34. The molecule has 0 N–H and O–H groups in total. The van der Waals surface area contributed by atoms with E-state index in [1.54, 1.807) is 43.3 Å². The summed E-state index contributed by atoms with van der Waals surface area (Å²) in [5.41, 5.74) is 2.22. The SMILES string of the molecule is Cc1c(-c2ccccc2)oc2c(-c3nc(-c4ccccc4F)no3)cccc2c1=O. The lowest BCUT2D eigenvalue weighted by molar-refractivity contribution is 0.431. The first-order valence-electron chi connectivity index (χ1n) is 9.34. The van der Waals surface area contributed by atoms with Gasteiger partial charge in [-0.25, -0.2) is 4.39 Å². The Morgan fingerprint density at radius 2 is 1.60 bits per heavy atom. The summed E-state index contributed by atoms with van der Waals surface area (Å²) < 4.78 is 25.7.